The maximum Gasteiger partial charge on any atom is 0.268 e. The first-order valence-corrected chi connectivity index (χ1v) is 9.23. The van der Waals surface area contributed by atoms with Crippen LogP contribution in [-0.4, -0.2) is 34.2 Å². The van der Waals surface area contributed by atoms with E-state index < -0.39 is 5.56 Å². The van der Waals surface area contributed by atoms with Crippen molar-refractivity contribution < 1.29 is 9.59 Å². The molecule has 0 radical (unpaired) electrons. The van der Waals surface area contributed by atoms with Gasteiger partial charge in [0.05, 0.1) is 0 Å². The maximum absolute atomic E-state index is 13.2. The quantitative estimate of drug-likeness (QED) is 0.825. The van der Waals surface area contributed by atoms with Gasteiger partial charge in [-0.3, -0.25) is 19.0 Å². The Hall–Kier alpha value is -2.40. The summed E-state index contributed by atoms with van der Waals surface area (Å²) in [7, 11) is 0. The number of Topliss-reactive ketones (excluding diaryl/α,β-unsaturated/α-hetero) is 1. The molecule has 0 fully saturated rings. The number of carbonyl (C=O) groups is 2. The number of amides is 1. The number of fused-ring (bicyclic) bond motifs is 1. The first kappa shape index (κ1) is 18.4. The van der Waals surface area contributed by atoms with Gasteiger partial charge in [-0.2, -0.15) is 0 Å². The number of carbonyl (C=O) groups excluding carboxylic acids is 2. The number of nitrogens with zero attached hydrogens (tertiary/aromatic N) is 2. The summed E-state index contributed by atoms with van der Waals surface area (Å²) < 4.78 is 1.50. The van der Waals surface area contributed by atoms with Gasteiger partial charge >= 0.3 is 0 Å². The molecule has 1 aliphatic carbocycles. The zero-order chi connectivity index (χ0) is 18.8. The molecule has 0 saturated carbocycles. The second-order valence-corrected chi connectivity index (χ2v) is 6.73. The lowest BCUT2D eigenvalue weighted by Gasteiger charge is -2.24. The van der Waals surface area contributed by atoms with Crippen LogP contribution in [0.1, 0.15) is 53.1 Å². The molecule has 0 atom stereocenters. The molecule has 1 aromatic heterocycles. The van der Waals surface area contributed by atoms with E-state index in [2.05, 4.69) is 0 Å². The lowest BCUT2D eigenvalue weighted by Crippen LogP contribution is -2.38. The van der Waals surface area contributed by atoms with Gasteiger partial charge in [-0.1, -0.05) is 11.6 Å². The van der Waals surface area contributed by atoms with Crippen LogP contribution < -0.4 is 5.56 Å². The summed E-state index contributed by atoms with van der Waals surface area (Å²) in [4.78, 5) is 40.1. The van der Waals surface area contributed by atoms with Gasteiger partial charge in [-0.15, -0.1) is 0 Å². The lowest BCUT2D eigenvalue weighted by molar-refractivity contribution is 0.0770. The predicted molar refractivity (Wildman–Crippen MR) is 102 cm³/mol. The number of rotatable bonds is 4. The predicted octanol–water partition coefficient (Wildman–Crippen LogP) is 3.49. The third-order valence-corrected chi connectivity index (χ3v) is 5.04. The van der Waals surface area contributed by atoms with E-state index in [9.17, 15) is 14.4 Å². The Morgan fingerprint density at radius 2 is 1.77 bits per heavy atom. The monoisotopic (exact) mass is 372 g/mol. The molecule has 6 heteroatoms. The summed E-state index contributed by atoms with van der Waals surface area (Å²) in [6.45, 7) is 4.73. The number of pyridine rings is 1. The normalized spacial score (nSPS) is 13.4. The van der Waals surface area contributed by atoms with Crippen LogP contribution in [0.25, 0.3) is 5.69 Å². The average molecular weight is 373 g/mol. The Bertz CT molecular complexity index is 912. The molecule has 5 nitrogen and oxygen atoms in total. The van der Waals surface area contributed by atoms with E-state index in [-0.39, 0.29) is 17.3 Å². The summed E-state index contributed by atoms with van der Waals surface area (Å²) in [5, 5.41) is 0.558. The van der Waals surface area contributed by atoms with E-state index in [1.165, 1.54) is 10.6 Å². The highest BCUT2D eigenvalue weighted by molar-refractivity contribution is 6.30. The van der Waals surface area contributed by atoms with Crippen LogP contribution in [0.4, 0.5) is 0 Å². The molecule has 0 aliphatic heterocycles. The SMILES string of the molecule is CCN(CC)C(=O)c1cc2c(n(-c3ccc(Cl)cc3)c1=O)CCCC2=O. The smallest absolute Gasteiger partial charge is 0.268 e. The number of hydrogen-bond acceptors (Lipinski definition) is 3. The van der Waals surface area contributed by atoms with Crippen LogP contribution in [0.15, 0.2) is 35.1 Å². The number of ketones is 1. The molecule has 2 aromatic rings. The van der Waals surface area contributed by atoms with E-state index in [0.29, 0.717) is 54.3 Å². The topological polar surface area (TPSA) is 59.4 Å². The molecule has 1 amide bonds. The van der Waals surface area contributed by atoms with Crippen molar-refractivity contribution in [1.82, 2.24) is 9.47 Å². The highest BCUT2D eigenvalue weighted by atomic mass is 35.5. The van der Waals surface area contributed by atoms with Gasteiger partial charge in [0.15, 0.2) is 5.78 Å². The Labute approximate surface area is 157 Å². The van der Waals surface area contributed by atoms with Crippen molar-refractivity contribution in [2.75, 3.05) is 13.1 Å². The lowest BCUT2D eigenvalue weighted by atomic mass is 9.92. The Morgan fingerprint density at radius 3 is 2.38 bits per heavy atom. The summed E-state index contributed by atoms with van der Waals surface area (Å²) in [5.41, 5.74) is 1.40. The number of hydrogen-bond donors (Lipinski definition) is 0. The molecule has 1 heterocycles. The third kappa shape index (κ3) is 3.19. The van der Waals surface area contributed by atoms with Crippen molar-refractivity contribution in [1.29, 1.82) is 0 Å². The van der Waals surface area contributed by atoms with E-state index in [1.807, 2.05) is 13.8 Å². The molecule has 0 spiro atoms. The Kier molecular flexibility index (Phi) is 5.28. The van der Waals surface area contributed by atoms with E-state index in [0.717, 1.165) is 0 Å². The van der Waals surface area contributed by atoms with Gasteiger partial charge in [0, 0.05) is 41.5 Å². The molecule has 1 aliphatic rings. The minimum absolute atomic E-state index is 0.0254. The van der Waals surface area contributed by atoms with Crippen molar-refractivity contribution in [2.24, 2.45) is 0 Å². The van der Waals surface area contributed by atoms with Gasteiger partial charge < -0.3 is 4.90 Å². The highest BCUT2D eigenvalue weighted by Gasteiger charge is 2.27. The van der Waals surface area contributed by atoms with Crippen molar-refractivity contribution in [3.63, 3.8) is 0 Å². The second-order valence-electron chi connectivity index (χ2n) is 6.29. The van der Waals surface area contributed by atoms with E-state index in [1.54, 1.807) is 29.2 Å². The van der Waals surface area contributed by atoms with Crippen molar-refractivity contribution in [3.05, 3.63) is 62.5 Å². The molecular formula is C20H21ClN2O3. The molecule has 0 unspecified atom stereocenters. The fourth-order valence-corrected chi connectivity index (χ4v) is 3.52. The van der Waals surface area contributed by atoms with Gasteiger partial charge in [-0.05, 0) is 57.0 Å². The molecule has 3 rings (SSSR count). The fraction of sp³-hybridized carbons (Fsp3) is 0.350. The third-order valence-electron chi connectivity index (χ3n) is 4.79. The first-order chi connectivity index (χ1) is 12.5. The Balaban J connectivity index is 2.28. The second kappa shape index (κ2) is 7.46. The standard InChI is InChI=1S/C20H21ClN2O3/c1-3-22(4-2)19(25)16-12-15-17(6-5-7-18(15)24)23(20(16)26)14-10-8-13(21)9-11-14/h8-12H,3-7H2,1-2H3. The Morgan fingerprint density at radius 1 is 1.12 bits per heavy atom. The minimum Gasteiger partial charge on any atom is -0.339 e. The molecular weight excluding hydrogens is 352 g/mol. The van der Waals surface area contributed by atoms with Crippen LogP contribution in [0.3, 0.4) is 0 Å². The molecule has 0 bridgehead atoms. The number of halogens is 1. The van der Waals surface area contributed by atoms with Gasteiger partial charge in [-0.25, -0.2) is 0 Å². The van der Waals surface area contributed by atoms with Crippen LogP contribution >= 0.6 is 11.6 Å². The summed E-state index contributed by atoms with van der Waals surface area (Å²) >= 11 is 5.96. The fourth-order valence-electron chi connectivity index (χ4n) is 3.39. The zero-order valence-electron chi connectivity index (χ0n) is 14.9. The summed E-state index contributed by atoms with van der Waals surface area (Å²) in [5.74, 6) is -0.369. The van der Waals surface area contributed by atoms with Gasteiger partial charge in [0.1, 0.15) is 5.56 Å². The van der Waals surface area contributed by atoms with Crippen LogP contribution in [0.2, 0.25) is 5.02 Å². The molecule has 0 N–H and O–H groups in total. The van der Waals surface area contributed by atoms with Crippen LogP contribution in [0, 0.1) is 0 Å². The summed E-state index contributed by atoms with van der Waals surface area (Å²) in [6, 6.07) is 8.34. The van der Waals surface area contributed by atoms with Gasteiger partial charge in [0.2, 0.25) is 0 Å². The van der Waals surface area contributed by atoms with E-state index in [4.69, 9.17) is 11.6 Å². The average Bonchev–Trinajstić information content (AvgIpc) is 2.63. The van der Waals surface area contributed by atoms with Crippen LogP contribution in [-0.2, 0) is 6.42 Å². The number of benzene rings is 1. The molecule has 0 saturated heterocycles. The molecule has 1 aromatic carbocycles. The first-order valence-electron chi connectivity index (χ1n) is 8.85. The molecule has 26 heavy (non-hydrogen) atoms. The number of aromatic nitrogens is 1. The maximum atomic E-state index is 13.2. The van der Waals surface area contributed by atoms with Gasteiger partial charge in [0.25, 0.3) is 11.5 Å². The van der Waals surface area contributed by atoms with Crippen LogP contribution in [0.5, 0.6) is 0 Å². The van der Waals surface area contributed by atoms with Crippen molar-refractivity contribution >= 4 is 23.3 Å². The minimum atomic E-state index is -0.391. The van der Waals surface area contributed by atoms with Crippen molar-refractivity contribution in [3.8, 4) is 5.69 Å². The van der Waals surface area contributed by atoms with Crippen molar-refractivity contribution in [2.45, 2.75) is 33.1 Å². The molecule has 136 valence electrons. The zero-order valence-corrected chi connectivity index (χ0v) is 15.7. The highest BCUT2D eigenvalue weighted by Crippen LogP contribution is 2.24. The van der Waals surface area contributed by atoms with E-state index >= 15 is 0 Å². The summed E-state index contributed by atoms with van der Waals surface area (Å²) in [6.07, 6.45) is 1.76. The largest absolute Gasteiger partial charge is 0.339 e.